The molecule has 188 valence electrons. The number of carbonyl (C=O) groups is 1. The lowest BCUT2D eigenvalue weighted by Gasteiger charge is -2.21. The number of thioether (sulfide) groups is 1. The summed E-state index contributed by atoms with van der Waals surface area (Å²) in [5.41, 5.74) is 2.26. The second-order valence-corrected chi connectivity index (χ2v) is 11.2. The first-order valence-electron chi connectivity index (χ1n) is 11.5. The number of nitrogens with zero attached hydrogens (tertiary/aromatic N) is 1. The molecule has 4 rings (SSSR count). The van der Waals surface area contributed by atoms with E-state index in [4.69, 9.17) is 9.47 Å². The van der Waals surface area contributed by atoms with Gasteiger partial charge in [-0.2, -0.15) is 0 Å². The summed E-state index contributed by atoms with van der Waals surface area (Å²) in [6.07, 6.45) is 4.69. The van der Waals surface area contributed by atoms with E-state index in [1.165, 1.54) is 7.11 Å². The van der Waals surface area contributed by atoms with Gasteiger partial charge < -0.3 is 14.5 Å². The number of aryl methyl sites for hydroxylation is 2. The number of hydrogen-bond acceptors (Lipinski definition) is 7. The Kier molecular flexibility index (Phi) is 8.45. The molecule has 2 aromatic heterocycles. The summed E-state index contributed by atoms with van der Waals surface area (Å²) in [5.74, 6) is -0.564. The first-order chi connectivity index (χ1) is 17.5. The van der Waals surface area contributed by atoms with Crippen LogP contribution in [0.25, 0.3) is 10.9 Å². The van der Waals surface area contributed by atoms with Crippen molar-refractivity contribution >= 4 is 38.5 Å². The number of pyridine rings is 1. The van der Waals surface area contributed by atoms with Crippen molar-refractivity contribution in [2.24, 2.45) is 0 Å². The largest absolute Gasteiger partial charge is 0.466 e. The Balaban J connectivity index is 1.79. The van der Waals surface area contributed by atoms with Crippen molar-refractivity contribution in [1.82, 2.24) is 9.97 Å². The number of ether oxygens (including phenoxy) is 2. The molecule has 0 saturated heterocycles. The number of esters is 1. The molecule has 2 aromatic carbocycles. The molecule has 0 radical (unpaired) electrons. The summed E-state index contributed by atoms with van der Waals surface area (Å²) < 4.78 is 38.6. The van der Waals surface area contributed by atoms with Gasteiger partial charge >= 0.3 is 5.97 Å². The number of benzene rings is 2. The average molecular weight is 525 g/mol. The summed E-state index contributed by atoms with van der Waals surface area (Å²) in [6.45, 7) is -0.221. The molecule has 0 saturated carbocycles. The third-order valence-corrected chi connectivity index (χ3v) is 8.79. The second kappa shape index (κ2) is 11.7. The minimum Gasteiger partial charge on any atom is -0.466 e. The van der Waals surface area contributed by atoms with Gasteiger partial charge in [0, 0.05) is 28.5 Å². The number of sulfone groups is 1. The molecule has 0 aliphatic heterocycles. The van der Waals surface area contributed by atoms with Gasteiger partial charge in [0.05, 0.1) is 18.6 Å². The number of rotatable bonds is 11. The molecule has 36 heavy (non-hydrogen) atoms. The van der Waals surface area contributed by atoms with Gasteiger partial charge in [-0.25, -0.2) is 13.2 Å². The lowest BCUT2D eigenvalue weighted by atomic mass is 10.0. The van der Waals surface area contributed by atoms with E-state index in [1.54, 1.807) is 42.8 Å². The first kappa shape index (κ1) is 25.9. The van der Waals surface area contributed by atoms with Crippen LogP contribution in [0.1, 0.15) is 22.2 Å². The molecule has 7 nitrogen and oxygen atoms in total. The minimum absolute atomic E-state index is 0.187. The van der Waals surface area contributed by atoms with Crippen molar-refractivity contribution in [2.45, 2.75) is 28.4 Å². The van der Waals surface area contributed by atoms with Crippen molar-refractivity contribution in [3.05, 3.63) is 95.9 Å². The molecule has 9 heteroatoms. The third kappa shape index (κ3) is 5.64. The highest BCUT2D eigenvalue weighted by molar-refractivity contribution is 7.99. The molecular formula is C27H28N2O5S2. The topological polar surface area (TPSA) is 98.3 Å². The number of para-hydroxylation sites is 1. The summed E-state index contributed by atoms with van der Waals surface area (Å²) in [6, 6.07) is 21.8. The molecule has 1 N–H and O–H groups in total. The number of nitrogens with one attached hydrogen (secondary N) is 1. The predicted molar refractivity (Wildman–Crippen MR) is 142 cm³/mol. The van der Waals surface area contributed by atoms with Gasteiger partial charge in [0.25, 0.3) is 0 Å². The number of aromatic nitrogens is 2. The lowest BCUT2D eigenvalue weighted by molar-refractivity contribution is -0.148. The molecule has 0 aliphatic rings. The fraction of sp³-hybridized carbons (Fsp3) is 0.259. The van der Waals surface area contributed by atoms with Crippen LogP contribution in [0, 0.1) is 0 Å². The fourth-order valence-electron chi connectivity index (χ4n) is 4.17. The molecule has 2 heterocycles. The number of hydrogen-bond donors (Lipinski definition) is 1. The van der Waals surface area contributed by atoms with Gasteiger partial charge in [-0.05, 0) is 55.0 Å². The van der Waals surface area contributed by atoms with Gasteiger partial charge in [0.1, 0.15) is 5.25 Å². The zero-order chi connectivity index (χ0) is 25.5. The van der Waals surface area contributed by atoms with Gasteiger partial charge in [0.2, 0.25) is 0 Å². The van der Waals surface area contributed by atoms with E-state index in [-0.39, 0.29) is 11.5 Å². The van der Waals surface area contributed by atoms with Crippen LogP contribution >= 0.6 is 11.8 Å². The molecule has 2 atom stereocenters. The maximum absolute atomic E-state index is 13.9. The van der Waals surface area contributed by atoms with Crippen molar-refractivity contribution in [3.63, 3.8) is 0 Å². The summed E-state index contributed by atoms with van der Waals surface area (Å²) in [5, 5.41) is -0.114. The zero-order valence-electron chi connectivity index (χ0n) is 20.1. The molecular weight excluding hydrogens is 496 g/mol. The van der Waals surface area contributed by atoms with E-state index >= 15 is 0 Å². The van der Waals surface area contributed by atoms with Crippen LogP contribution in [-0.2, 0) is 36.9 Å². The van der Waals surface area contributed by atoms with Gasteiger partial charge in [-0.15, -0.1) is 11.8 Å². The summed E-state index contributed by atoms with van der Waals surface area (Å²) >= 11 is 1.15. The van der Waals surface area contributed by atoms with Crippen LogP contribution < -0.4 is 0 Å². The fourth-order valence-corrected chi connectivity index (χ4v) is 6.31. The monoisotopic (exact) mass is 524 g/mol. The summed E-state index contributed by atoms with van der Waals surface area (Å²) in [4.78, 5) is 20.1. The standard InChI is InChI=1S/C27H28N2O5S2/c1-33-26(30)27(35-2)34-18-24(36(31,32)20-11-4-3-5-12-20)25-22(16-15-19-10-8-9-17-28-19)21-13-6-7-14-23(21)29-25/h3-14,17,24,27,29H,15-16,18H2,1-2H3. The van der Waals surface area contributed by atoms with Crippen LogP contribution in [-0.4, -0.2) is 49.8 Å². The Morgan fingerprint density at radius 2 is 1.72 bits per heavy atom. The number of methoxy groups -OCH3 is 1. The van der Waals surface area contributed by atoms with Gasteiger partial charge in [0.15, 0.2) is 15.3 Å². The van der Waals surface area contributed by atoms with E-state index in [1.807, 2.05) is 42.5 Å². The minimum atomic E-state index is -3.88. The first-order valence-corrected chi connectivity index (χ1v) is 14.3. The molecule has 0 bridgehead atoms. The zero-order valence-corrected chi connectivity index (χ0v) is 21.7. The SMILES string of the molecule is COC(=O)C(OCC(c1[nH]c2ccccc2c1CCc1ccccn1)S(=O)(=O)c1ccccc1)SC. The molecule has 0 aliphatic carbocycles. The molecule has 4 aromatic rings. The molecule has 0 spiro atoms. The van der Waals surface area contributed by atoms with Crippen LogP contribution in [0.3, 0.4) is 0 Å². The quantitative estimate of drug-likeness (QED) is 0.223. The van der Waals surface area contributed by atoms with Crippen molar-refractivity contribution in [1.29, 1.82) is 0 Å². The Labute approximate surface area is 215 Å². The van der Waals surface area contributed by atoms with Crippen molar-refractivity contribution in [3.8, 4) is 0 Å². The normalized spacial score (nSPS) is 13.4. The van der Waals surface area contributed by atoms with Gasteiger partial charge in [-0.1, -0.05) is 42.5 Å². The predicted octanol–water partition coefficient (Wildman–Crippen LogP) is 4.74. The number of H-pyrrole nitrogens is 1. The van der Waals surface area contributed by atoms with Crippen LogP contribution in [0.15, 0.2) is 83.9 Å². The number of carbonyl (C=O) groups excluding carboxylic acids is 1. The molecule has 0 fully saturated rings. The van der Waals surface area contributed by atoms with Gasteiger partial charge in [-0.3, -0.25) is 4.98 Å². The highest BCUT2D eigenvalue weighted by Crippen LogP contribution is 2.36. The Hall–Kier alpha value is -3.14. The highest BCUT2D eigenvalue weighted by Gasteiger charge is 2.35. The maximum Gasteiger partial charge on any atom is 0.345 e. The Bertz CT molecular complexity index is 1410. The smallest absolute Gasteiger partial charge is 0.345 e. The third-order valence-electron chi connectivity index (χ3n) is 5.98. The van der Waals surface area contributed by atoms with Crippen LogP contribution in [0.5, 0.6) is 0 Å². The number of fused-ring (bicyclic) bond motifs is 1. The van der Waals surface area contributed by atoms with Crippen LogP contribution in [0.2, 0.25) is 0 Å². The highest BCUT2D eigenvalue weighted by atomic mass is 32.2. The van der Waals surface area contributed by atoms with E-state index in [0.29, 0.717) is 18.5 Å². The summed E-state index contributed by atoms with van der Waals surface area (Å²) in [7, 11) is -2.60. The average Bonchev–Trinajstić information content (AvgIpc) is 3.28. The van der Waals surface area contributed by atoms with Crippen molar-refractivity contribution in [2.75, 3.05) is 20.0 Å². The molecule has 0 amide bonds. The van der Waals surface area contributed by atoms with Crippen LogP contribution in [0.4, 0.5) is 0 Å². The van der Waals surface area contributed by atoms with E-state index in [2.05, 4.69) is 9.97 Å². The Morgan fingerprint density at radius 3 is 2.42 bits per heavy atom. The lowest BCUT2D eigenvalue weighted by Crippen LogP contribution is -2.28. The van der Waals surface area contributed by atoms with E-state index in [0.717, 1.165) is 33.9 Å². The van der Waals surface area contributed by atoms with E-state index in [9.17, 15) is 13.2 Å². The molecule has 2 unspecified atom stereocenters. The number of aromatic amines is 1. The van der Waals surface area contributed by atoms with E-state index < -0.39 is 26.5 Å². The second-order valence-electron chi connectivity index (χ2n) is 8.15. The van der Waals surface area contributed by atoms with Crippen molar-refractivity contribution < 1.29 is 22.7 Å². The maximum atomic E-state index is 13.9. The Morgan fingerprint density at radius 1 is 1.00 bits per heavy atom.